The zero-order valence-electron chi connectivity index (χ0n) is 70.6. The first-order valence-electron chi connectivity index (χ1n) is 44.8. The molecule has 0 heterocycles. The quantitative estimate of drug-likeness (QED) is 0.0146. The van der Waals surface area contributed by atoms with Crippen LogP contribution >= 0.6 is 15.6 Å². The molecular weight excluding hydrogens is 1430 g/mol. The van der Waals surface area contributed by atoms with Crippen LogP contribution in [-0.4, -0.2) is 95.9 Å². The molecule has 111 heavy (non-hydrogen) atoms. The van der Waals surface area contributed by atoms with Crippen LogP contribution in [-0.2, 0) is 55.8 Å². The van der Waals surface area contributed by atoms with Crippen molar-refractivity contribution < 1.29 is 75.8 Å². The summed E-state index contributed by atoms with van der Waals surface area (Å²) in [5.41, 5.74) is 0. The summed E-state index contributed by atoms with van der Waals surface area (Å²) in [6.45, 7) is 2.51. The number of aliphatic hydroxyl groups excluding tert-OH is 2. The number of hydrogen-bond acceptors (Lipinski definition) is 14. The highest BCUT2D eigenvalue weighted by molar-refractivity contribution is 7.47. The van der Waals surface area contributed by atoms with Crippen LogP contribution in [0.2, 0.25) is 0 Å². The standard InChI is InChI=1S/C93H164O16P2/c1-4-7-10-13-16-19-22-25-27-29-31-33-35-37-39-40-41-42-43-44-45-46-48-50-51-53-55-57-59-62-64-67-70-73-76-79-91(96)103-82-88(94)83-105-110(99,100)106-84-89(95)85-107-111(101,102)108-87-90(109-93(98)81-78-75-72-69-66-61-24-21-18-15-12-9-6-3)86-104-92(97)80-77-74-71-68-65-63-60-58-56-54-52-49-47-38-36-34-32-30-28-26-23-20-17-14-11-8-5-2/h7-8,10-11,16-17,19-20,25-28,31-34,37-39,47,88-90,94-95H,4-6,9,12-15,18,21-24,29-30,35-36,40-46,48-87H2,1-3H3,(H,99,100)(H,101,102)/b10-7-,11-8-,19-16-,20-17-,27-25-,28-26-,33-31-,34-32-,39-37-,47-38-. The van der Waals surface area contributed by atoms with Gasteiger partial charge in [0, 0.05) is 19.3 Å². The van der Waals surface area contributed by atoms with Gasteiger partial charge in [-0.15, -0.1) is 0 Å². The second-order valence-electron chi connectivity index (χ2n) is 30.0. The molecule has 0 aromatic rings. The van der Waals surface area contributed by atoms with Gasteiger partial charge in [0.05, 0.1) is 26.4 Å². The lowest BCUT2D eigenvalue weighted by molar-refractivity contribution is -0.161. The predicted molar refractivity (Wildman–Crippen MR) is 463 cm³/mol. The molecule has 4 N–H and O–H groups in total. The van der Waals surface area contributed by atoms with Crippen LogP contribution in [0.4, 0.5) is 0 Å². The van der Waals surface area contributed by atoms with Gasteiger partial charge in [-0.05, 0) is 109 Å². The summed E-state index contributed by atoms with van der Waals surface area (Å²) in [6, 6.07) is 0. The van der Waals surface area contributed by atoms with Crippen molar-refractivity contribution in [2.24, 2.45) is 0 Å². The Balaban J connectivity index is 4.37. The predicted octanol–water partition coefficient (Wildman–Crippen LogP) is 27.2. The monoisotopic (exact) mass is 1600 g/mol. The number of carbonyl (C=O) groups is 3. The second-order valence-corrected chi connectivity index (χ2v) is 32.9. The third-order valence-corrected chi connectivity index (χ3v) is 21.1. The van der Waals surface area contributed by atoms with Gasteiger partial charge in [0.15, 0.2) is 6.10 Å². The first kappa shape index (κ1) is 107. The molecule has 5 atom stereocenters. The molecule has 0 saturated heterocycles. The van der Waals surface area contributed by atoms with Gasteiger partial charge in [-0.3, -0.25) is 32.5 Å². The van der Waals surface area contributed by atoms with Crippen molar-refractivity contribution in [3.8, 4) is 0 Å². The van der Waals surface area contributed by atoms with Crippen LogP contribution in [0, 0.1) is 0 Å². The van der Waals surface area contributed by atoms with E-state index in [1.54, 1.807) is 0 Å². The molecule has 0 aliphatic rings. The van der Waals surface area contributed by atoms with E-state index in [-0.39, 0.29) is 19.3 Å². The Morgan fingerprint density at radius 2 is 0.477 bits per heavy atom. The maximum atomic E-state index is 13.0. The molecule has 0 aromatic heterocycles. The van der Waals surface area contributed by atoms with E-state index in [2.05, 4.69) is 142 Å². The molecule has 0 spiro atoms. The fourth-order valence-electron chi connectivity index (χ4n) is 12.5. The number of unbranched alkanes of at least 4 members (excludes halogenated alkanes) is 42. The van der Waals surface area contributed by atoms with E-state index in [9.17, 15) is 43.5 Å². The molecule has 16 nitrogen and oxygen atoms in total. The van der Waals surface area contributed by atoms with E-state index in [0.29, 0.717) is 19.3 Å². The summed E-state index contributed by atoms with van der Waals surface area (Å²) in [4.78, 5) is 58.8. The van der Waals surface area contributed by atoms with Gasteiger partial charge in [-0.25, -0.2) is 9.13 Å². The van der Waals surface area contributed by atoms with Crippen molar-refractivity contribution >= 4 is 33.6 Å². The molecule has 0 amide bonds. The smallest absolute Gasteiger partial charge is 0.463 e. The number of phosphoric ester groups is 2. The lowest BCUT2D eigenvalue weighted by Gasteiger charge is -2.21. The number of esters is 3. The average molecular weight is 1600 g/mol. The Bertz CT molecular complexity index is 2500. The second kappa shape index (κ2) is 85.3. The van der Waals surface area contributed by atoms with E-state index in [1.807, 2.05) is 0 Å². The van der Waals surface area contributed by atoms with Crippen molar-refractivity contribution in [3.63, 3.8) is 0 Å². The van der Waals surface area contributed by atoms with Crippen LogP contribution in [0.25, 0.3) is 0 Å². The molecule has 5 unspecified atom stereocenters. The summed E-state index contributed by atoms with van der Waals surface area (Å²) < 4.78 is 61.3. The number of rotatable bonds is 85. The number of allylic oxidation sites excluding steroid dienone is 20. The van der Waals surface area contributed by atoms with Crippen molar-refractivity contribution in [2.45, 2.75) is 411 Å². The zero-order valence-corrected chi connectivity index (χ0v) is 72.4. The van der Waals surface area contributed by atoms with Crippen LogP contribution in [0.1, 0.15) is 393 Å². The largest absolute Gasteiger partial charge is 0.472 e. The van der Waals surface area contributed by atoms with E-state index < -0.39 is 91.5 Å². The molecule has 0 aliphatic heterocycles. The van der Waals surface area contributed by atoms with Crippen LogP contribution in [0.5, 0.6) is 0 Å². The first-order chi connectivity index (χ1) is 54.2. The number of carbonyl (C=O) groups excluding carboxylic acids is 3. The molecule has 0 radical (unpaired) electrons. The Labute approximate surface area is 678 Å². The van der Waals surface area contributed by atoms with E-state index in [1.165, 1.54) is 193 Å². The van der Waals surface area contributed by atoms with Crippen LogP contribution < -0.4 is 0 Å². The summed E-state index contributed by atoms with van der Waals surface area (Å²) in [5.74, 6) is -1.56. The molecule has 0 bridgehead atoms. The molecule has 642 valence electrons. The highest BCUT2D eigenvalue weighted by Crippen LogP contribution is 2.45. The molecular formula is C93H164O16P2. The van der Waals surface area contributed by atoms with Crippen molar-refractivity contribution in [1.29, 1.82) is 0 Å². The number of ether oxygens (including phenoxy) is 3. The average Bonchev–Trinajstić information content (AvgIpc) is 0.903. The number of hydrogen-bond donors (Lipinski definition) is 4. The van der Waals surface area contributed by atoms with Gasteiger partial charge >= 0.3 is 33.6 Å². The van der Waals surface area contributed by atoms with E-state index >= 15 is 0 Å². The van der Waals surface area contributed by atoms with Crippen molar-refractivity contribution in [3.05, 3.63) is 122 Å². The maximum Gasteiger partial charge on any atom is 0.472 e. The lowest BCUT2D eigenvalue weighted by atomic mass is 10.0. The van der Waals surface area contributed by atoms with Gasteiger partial charge in [-0.2, -0.15) is 0 Å². The third kappa shape index (κ3) is 86.6. The number of aliphatic hydroxyl groups is 2. The van der Waals surface area contributed by atoms with Crippen molar-refractivity contribution in [2.75, 3.05) is 39.6 Å². The lowest BCUT2D eigenvalue weighted by Crippen LogP contribution is -2.30. The zero-order chi connectivity index (χ0) is 80.8. The van der Waals surface area contributed by atoms with E-state index in [4.69, 9.17) is 32.3 Å². The molecule has 0 rings (SSSR count). The van der Waals surface area contributed by atoms with Gasteiger partial charge in [0.2, 0.25) is 0 Å². The highest BCUT2D eigenvalue weighted by Gasteiger charge is 2.29. The first-order valence-corrected chi connectivity index (χ1v) is 47.8. The summed E-state index contributed by atoms with van der Waals surface area (Å²) in [7, 11) is -9.79. The van der Waals surface area contributed by atoms with Gasteiger partial charge < -0.3 is 34.2 Å². The minimum absolute atomic E-state index is 0.108. The summed E-state index contributed by atoms with van der Waals surface area (Å²) >= 11 is 0. The molecule has 0 aliphatic carbocycles. The maximum absolute atomic E-state index is 13.0. The fraction of sp³-hybridized carbons (Fsp3) is 0.753. The van der Waals surface area contributed by atoms with Crippen LogP contribution in [0.15, 0.2) is 122 Å². The molecule has 18 heteroatoms. The Morgan fingerprint density at radius 3 is 0.757 bits per heavy atom. The molecule has 0 fully saturated rings. The minimum atomic E-state index is -4.93. The Hall–Kier alpha value is -4.05. The summed E-state index contributed by atoms with van der Waals surface area (Å²) in [5, 5.41) is 20.7. The summed E-state index contributed by atoms with van der Waals surface area (Å²) in [6.07, 6.45) is 104. The van der Waals surface area contributed by atoms with Gasteiger partial charge in [-0.1, -0.05) is 386 Å². The third-order valence-electron chi connectivity index (χ3n) is 19.2. The highest BCUT2D eigenvalue weighted by atomic mass is 31.2. The SMILES string of the molecule is CC/C=C\C/C=C\C/C=C\C/C=C\C/C=C\CCCCCCCCCCCCCCCCCCCCCC(=O)OCC(O)COP(=O)(O)OCC(O)COP(=O)(O)OCC(COC(=O)CCCCCCCCCCCCC/C=C\C/C=C\C/C=C\C/C=C\C/C=C\CC)OC(=O)CCCCCCCCCCCCCCC. The topological polar surface area (TPSA) is 231 Å². The Morgan fingerprint density at radius 1 is 0.261 bits per heavy atom. The van der Waals surface area contributed by atoms with Crippen molar-refractivity contribution in [1.82, 2.24) is 0 Å². The van der Waals surface area contributed by atoms with E-state index in [0.717, 1.165) is 141 Å². The normalized spacial score (nSPS) is 14.4. The molecule has 0 aromatic carbocycles. The Kier molecular flexibility index (Phi) is 82.2. The van der Waals surface area contributed by atoms with Gasteiger partial charge in [0.1, 0.15) is 25.4 Å². The fourth-order valence-corrected chi connectivity index (χ4v) is 14.0. The van der Waals surface area contributed by atoms with Crippen LogP contribution in [0.3, 0.4) is 0 Å². The minimum Gasteiger partial charge on any atom is -0.463 e. The van der Waals surface area contributed by atoms with Gasteiger partial charge in [0.25, 0.3) is 0 Å². The number of phosphoric acid groups is 2. The molecule has 0 saturated carbocycles.